The van der Waals surface area contributed by atoms with Gasteiger partial charge in [0.15, 0.2) is 0 Å². The van der Waals surface area contributed by atoms with Crippen molar-refractivity contribution in [3.05, 3.63) is 138 Å². The molecular formula is C45H64OSSi3. The van der Waals surface area contributed by atoms with Crippen molar-refractivity contribution < 1.29 is 4.74 Å². The van der Waals surface area contributed by atoms with Gasteiger partial charge >= 0.3 is 0 Å². The Bertz CT molecular complexity index is 1410. The van der Waals surface area contributed by atoms with E-state index < -0.39 is 24.2 Å². The number of allylic oxidation sites excluding steroid dienone is 12. The zero-order chi connectivity index (χ0) is 35.7. The number of rotatable bonds is 20. The van der Waals surface area contributed by atoms with Crippen molar-refractivity contribution in [1.29, 1.82) is 0 Å². The summed E-state index contributed by atoms with van der Waals surface area (Å²) in [6.07, 6.45) is 36.2. The van der Waals surface area contributed by atoms with E-state index in [9.17, 15) is 0 Å². The van der Waals surface area contributed by atoms with Gasteiger partial charge in [0.05, 0.1) is 24.2 Å². The molecule has 2 aromatic carbocycles. The van der Waals surface area contributed by atoms with Crippen LogP contribution in [0.15, 0.2) is 121 Å². The van der Waals surface area contributed by atoms with E-state index >= 15 is 0 Å². The molecule has 268 valence electrons. The third-order valence-electron chi connectivity index (χ3n) is 12.5. The molecule has 1 nitrogen and oxygen atoms in total. The summed E-state index contributed by atoms with van der Waals surface area (Å²) in [5.41, 5.74) is 6.23. The minimum Gasteiger partial charge on any atom is -0.489 e. The molecule has 0 unspecified atom stereocenters. The van der Waals surface area contributed by atoms with Crippen LogP contribution in [0, 0.1) is 0 Å². The van der Waals surface area contributed by atoms with Crippen molar-refractivity contribution in [2.75, 3.05) is 0 Å². The van der Waals surface area contributed by atoms with E-state index in [4.69, 9.17) is 4.74 Å². The van der Waals surface area contributed by atoms with Crippen LogP contribution in [0.25, 0.3) is 0 Å². The monoisotopic (exact) mass is 736 g/mol. The zero-order valence-corrected chi connectivity index (χ0v) is 35.8. The van der Waals surface area contributed by atoms with Crippen LogP contribution in [-0.4, -0.2) is 24.2 Å². The lowest BCUT2D eigenvalue weighted by atomic mass is 9.70. The van der Waals surface area contributed by atoms with Crippen molar-refractivity contribution >= 4 is 36.9 Å². The van der Waals surface area contributed by atoms with Crippen molar-refractivity contribution in [3.8, 4) is 5.75 Å². The first-order chi connectivity index (χ1) is 23.9. The van der Waals surface area contributed by atoms with E-state index in [1.807, 2.05) is 0 Å². The summed E-state index contributed by atoms with van der Waals surface area (Å²) in [5, 5.41) is 0. The maximum atomic E-state index is 6.34. The van der Waals surface area contributed by atoms with Gasteiger partial charge in [-0.2, -0.15) is 12.6 Å². The van der Waals surface area contributed by atoms with Crippen LogP contribution in [0.3, 0.4) is 0 Å². The van der Waals surface area contributed by atoms with E-state index in [0.717, 1.165) is 11.5 Å². The van der Waals surface area contributed by atoms with Gasteiger partial charge in [0, 0.05) is 5.75 Å². The summed E-state index contributed by atoms with van der Waals surface area (Å²) >= 11 is 4.41. The van der Waals surface area contributed by atoms with E-state index in [2.05, 4.69) is 173 Å². The van der Waals surface area contributed by atoms with Crippen molar-refractivity contribution in [2.24, 2.45) is 0 Å². The number of ether oxygens (including phenoxy) is 1. The Morgan fingerprint density at radius 3 is 1.24 bits per heavy atom. The van der Waals surface area contributed by atoms with Crippen LogP contribution in [0.5, 0.6) is 5.75 Å². The Morgan fingerprint density at radius 1 is 0.520 bits per heavy atom. The minimum absolute atomic E-state index is 0.199. The predicted octanol–water partition coefficient (Wildman–Crippen LogP) is 13.9. The van der Waals surface area contributed by atoms with Gasteiger partial charge in [-0.3, -0.25) is 0 Å². The van der Waals surface area contributed by atoms with Gasteiger partial charge in [-0.05, 0) is 70.1 Å². The lowest BCUT2D eigenvalue weighted by molar-refractivity contribution is 0.304. The van der Waals surface area contributed by atoms with Crippen LogP contribution >= 0.6 is 12.6 Å². The van der Waals surface area contributed by atoms with Gasteiger partial charge < -0.3 is 4.74 Å². The molecule has 0 saturated heterocycles. The van der Waals surface area contributed by atoms with Crippen molar-refractivity contribution in [2.45, 2.75) is 130 Å². The molecular weight excluding hydrogens is 673 g/mol. The van der Waals surface area contributed by atoms with E-state index in [0.29, 0.717) is 23.2 Å². The fourth-order valence-electron chi connectivity index (χ4n) is 8.63. The molecule has 0 aromatic heterocycles. The van der Waals surface area contributed by atoms with E-state index in [1.165, 1.54) is 67.8 Å². The second kappa shape index (κ2) is 17.5. The number of hydrogen-bond donors (Lipinski definition) is 1. The van der Waals surface area contributed by atoms with Gasteiger partial charge in [-0.1, -0.05) is 186 Å². The molecule has 0 aliphatic heterocycles. The fraction of sp³-hybridized carbons (Fsp3) is 0.467. The topological polar surface area (TPSA) is 9.23 Å². The molecule has 5 rings (SSSR count). The molecule has 0 atom stereocenters. The van der Waals surface area contributed by atoms with Crippen LogP contribution in [0.1, 0.15) is 55.2 Å². The van der Waals surface area contributed by atoms with Gasteiger partial charge in [0.1, 0.15) is 12.4 Å². The van der Waals surface area contributed by atoms with Gasteiger partial charge in [0.25, 0.3) is 0 Å². The maximum Gasteiger partial charge on any atom is 0.119 e. The Kier molecular flexibility index (Phi) is 13.6. The molecule has 0 saturated carbocycles. The summed E-state index contributed by atoms with van der Waals surface area (Å²) < 4.78 is 6.34. The van der Waals surface area contributed by atoms with Crippen molar-refractivity contribution in [1.82, 2.24) is 0 Å². The van der Waals surface area contributed by atoms with E-state index in [-0.39, 0.29) is 5.41 Å². The summed E-state index contributed by atoms with van der Waals surface area (Å²) in [4.78, 5) is 0. The maximum absolute atomic E-state index is 6.34. The van der Waals surface area contributed by atoms with Gasteiger partial charge in [-0.15, -0.1) is 0 Å². The predicted molar refractivity (Wildman–Crippen MR) is 232 cm³/mol. The Labute approximate surface area is 314 Å². The Balaban J connectivity index is 1.37. The third kappa shape index (κ3) is 10.4. The molecule has 0 N–H and O–H groups in total. The highest BCUT2D eigenvalue weighted by molar-refractivity contribution is 7.79. The molecule has 0 spiro atoms. The summed E-state index contributed by atoms with van der Waals surface area (Å²) in [7, 11) is -4.20. The second-order valence-corrected chi connectivity index (χ2v) is 33.2. The molecule has 0 fully saturated rings. The number of thiol groups is 1. The van der Waals surface area contributed by atoms with Crippen LogP contribution in [0.2, 0.25) is 74.0 Å². The smallest absolute Gasteiger partial charge is 0.119 e. The molecule has 3 aliphatic carbocycles. The molecule has 5 heteroatoms. The SMILES string of the molecule is C[Si](C)(CCCC(CCC[Si](C)(C)C1C=CC=C1)(CCC[Si](C)(C)C1C=CC=C1)c1ccc(OCc2ccc(CS)cc2)cc1)C1C=CC=C1. The second-order valence-electron chi connectivity index (χ2n) is 17.5. The third-order valence-corrected chi connectivity index (χ3v) is 24.3. The number of benzene rings is 2. The van der Waals surface area contributed by atoms with Crippen LogP contribution in [0.4, 0.5) is 0 Å². The Morgan fingerprint density at radius 2 is 0.880 bits per heavy atom. The first kappa shape index (κ1) is 38.9. The van der Waals surface area contributed by atoms with Crippen LogP contribution in [-0.2, 0) is 17.8 Å². The van der Waals surface area contributed by atoms with E-state index in [1.54, 1.807) is 5.56 Å². The highest BCUT2D eigenvalue weighted by Gasteiger charge is 2.37. The molecule has 3 aliphatic rings. The molecule has 2 aromatic rings. The largest absolute Gasteiger partial charge is 0.489 e. The van der Waals surface area contributed by atoms with Gasteiger partial charge in [-0.25, -0.2) is 0 Å². The lowest BCUT2D eigenvalue weighted by Crippen LogP contribution is -2.34. The quantitative estimate of drug-likeness (QED) is 0.105. The molecule has 0 amide bonds. The normalized spacial score (nSPS) is 16.9. The molecule has 0 radical (unpaired) electrons. The zero-order valence-electron chi connectivity index (χ0n) is 31.9. The minimum atomic E-state index is -1.40. The summed E-state index contributed by atoms with van der Waals surface area (Å²) in [6, 6.07) is 22.2. The van der Waals surface area contributed by atoms with Crippen LogP contribution < -0.4 is 4.74 Å². The first-order valence-electron chi connectivity index (χ1n) is 19.4. The first-order valence-corrected chi connectivity index (χ1v) is 29.9. The van der Waals surface area contributed by atoms with Gasteiger partial charge in [0.2, 0.25) is 0 Å². The van der Waals surface area contributed by atoms with Crippen molar-refractivity contribution in [3.63, 3.8) is 0 Å². The lowest BCUT2D eigenvalue weighted by Gasteiger charge is -2.39. The standard InChI is InChI=1S/C45H64OSSi3/c1-48(2,42-16-7-8-17-42)33-13-30-45(31-14-34-49(3,4)43-18-9-10-19-43,32-15-35-50(5,6)44-20-11-12-21-44)40-26-28-41(29-27-40)46-36-38-22-24-39(37-47)25-23-38/h7-12,16-29,42-44,47H,13-15,30-37H2,1-6H3. The molecule has 0 heterocycles. The summed E-state index contributed by atoms with van der Waals surface area (Å²) in [5.74, 6) is 1.73. The highest BCUT2D eigenvalue weighted by Crippen LogP contribution is 2.45. The average Bonchev–Trinajstić information content (AvgIpc) is 3.92. The highest BCUT2D eigenvalue weighted by atomic mass is 32.1. The average molecular weight is 737 g/mol. The number of hydrogen-bond acceptors (Lipinski definition) is 2. The summed E-state index contributed by atoms with van der Waals surface area (Å²) in [6.45, 7) is 16.3. The molecule has 0 bridgehead atoms. The molecule has 50 heavy (non-hydrogen) atoms. The fourth-order valence-corrected chi connectivity index (χ4v) is 16.9. The Hall–Kier alpha value is -2.32.